The van der Waals surface area contributed by atoms with Crippen molar-refractivity contribution in [3.05, 3.63) is 0 Å². The topological polar surface area (TPSA) is 66.8 Å². The molecule has 0 saturated carbocycles. The van der Waals surface area contributed by atoms with Crippen molar-refractivity contribution in [2.24, 2.45) is 5.92 Å². The summed E-state index contributed by atoms with van der Waals surface area (Å²) in [5.41, 5.74) is -1.06. The summed E-state index contributed by atoms with van der Waals surface area (Å²) in [5.74, 6) is -1.57. The molecular formula is C9H16O4. The van der Waals surface area contributed by atoms with Crippen molar-refractivity contribution in [1.29, 1.82) is 0 Å². The van der Waals surface area contributed by atoms with Crippen LogP contribution in [-0.4, -0.2) is 35.0 Å². The first-order valence-corrected chi connectivity index (χ1v) is 4.63. The maximum atomic E-state index is 10.8. The van der Waals surface area contributed by atoms with E-state index in [4.69, 9.17) is 9.84 Å². The number of rotatable bonds is 3. The SMILES string of the molecule is CCC(C(=O)O)C1(O)CCOCC1. The molecule has 0 spiro atoms. The maximum absolute atomic E-state index is 10.8. The van der Waals surface area contributed by atoms with Crippen LogP contribution in [0.15, 0.2) is 0 Å². The second kappa shape index (κ2) is 4.07. The fourth-order valence-electron chi connectivity index (χ4n) is 1.86. The van der Waals surface area contributed by atoms with Crippen LogP contribution in [0.4, 0.5) is 0 Å². The highest BCUT2D eigenvalue weighted by Crippen LogP contribution is 2.31. The lowest BCUT2D eigenvalue weighted by molar-refractivity contribution is -0.160. The van der Waals surface area contributed by atoms with Crippen LogP contribution in [0.2, 0.25) is 0 Å². The number of carboxylic acids is 1. The molecule has 76 valence electrons. The maximum Gasteiger partial charge on any atom is 0.309 e. The molecular weight excluding hydrogens is 172 g/mol. The van der Waals surface area contributed by atoms with Crippen LogP contribution in [0.5, 0.6) is 0 Å². The normalized spacial score (nSPS) is 23.8. The van der Waals surface area contributed by atoms with Crippen molar-refractivity contribution in [1.82, 2.24) is 0 Å². The molecule has 0 aliphatic carbocycles. The van der Waals surface area contributed by atoms with Crippen LogP contribution in [0.25, 0.3) is 0 Å². The zero-order valence-corrected chi connectivity index (χ0v) is 7.82. The van der Waals surface area contributed by atoms with Gasteiger partial charge in [-0.05, 0) is 6.42 Å². The molecule has 1 saturated heterocycles. The molecule has 4 nitrogen and oxygen atoms in total. The smallest absolute Gasteiger partial charge is 0.309 e. The summed E-state index contributed by atoms with van der Waals surface area (Å²) in [4.78, 5) is 10.8. The van der Waals surface area contributed by atoms with Gasteiger partial charge in [0.25, 0.3) is 0 Å². The van der Waals surface area contributed by atoms with Gasteiger partial charge >= 0.3 is 5.97 Å². The molecule has 13 heavy (non-hydrogen) atoms. The highest BCUT2D eigenvalue weighted by atomic mass is 16.5. The van der Waals surface area contributed by atoms with E-state index in [1.807, 2.05) is 0 Å². The van der Waals surface area contributed by atoms with E-state index in [1.54, 1.807) is 6.92 Å². The Kier molecular flexibility index (Phi) is 3.27. The van der Waals surface area contributed by atoms with E-state index in [0.29, 0.717) is 32.5 Å². The predicted octanol–water partition coefficient (Wildman–Crippen LogP) is 0.639. The molecule has 1 aliphatic rings. The molecule has 1 heterocycles. The number of hydrogen-bond donors (Lipinski definition) is 2. The Hall–Kier alpha value is -0.610. The van der Waals surface area contributed by atoms with Gasteiger partial charge in [0.1, 0.15) is 0 Å². The first-order chi connectivity index (χ1) is 6.10. The number of carboxylic acid groups (broad SMARTS) is 1. The average Bonchev–Trinajstić information content (AvgIpc) is 2.05. The van der Waals surface area contributed by atoms with Gasteiger partial charge in [-0.1, -0.05) is 6.92 Å². The van der Waals surface area contributed by atoms with Crippen LogP contribution in [0, 0.1) is 5.92 Å². The lowest BCUT2D eigenvalue weighted by Gasteiger charge is -2.36. The standard InChI is InChI=1S/C9H16O4/c1-2-7(8(10)11)9(12)3-5-13-6-4-9/h7,12H,2-6H2,1H3,(H,10,11). The zero-order valence-electron chi connectivity index (χ0n) is 7.82. The summed E-state index contributed by atoms with van der Waals surface area (Å²) in [5, 5.41) is 18.9. The van der Waals surface area contributed by atoms with Crippen LogP contribution in [0.3, 0.4) is 0 Å². The van der Waals surface area contributed by atoms with Crippen molar-refractivity contribution in [2.75, 3.05) is 13.2 Å². The molecule has 1 rings (SSSR count). The van der Waals surface area contributed by atoms with Crippen LogP contribution in [-0.2, 0) is 9.53 Å². The lowest BCUT2D eigenvalue weighted by atomic mass is 9.79. The van der Waals surface area contributed by atoms with Crippen LogP contribution in [0.1, 0.15) is 26.2 Å². The van der Waals surface area contributed by atoms with Gasteiger partial charge in [-0.2, -0.15) is 0 Å². The molecule has 0 bridgehead atoms. The molecule has 1 atom stereocenters. The minimum absolute atomic E-state index is 0.428. The molecule has 1 aliphatic heterocycles. The molecule has 0 radical (unpaired) electrons. The van der Waals surface area contributed by atoms with Gasteiger partial charge in [0, 0.05) is 26.1 Å². The van der Waals surface area contributed by atoms with E-state index in [0.717, 1.165) is 0 Å². The van der Waals surface area contributed by atoms with E-state index in [-0.39, 0.29) is 0 Å². The first-order valence-electron chi connectivity index (χ1n) is 4.63. The van der Waals surface area contributed by atoms with Gasteiger partial charge in [0.15, 0.2) is 0 Å². The van der Waals surface area contributed by atoms with Crippen molar-refractivity contribution >= 4 is 5.97 Å². The Morgan fingerprint density at radius 2 is 2.08 bits per heavy atom. The Morgan fingerprint density at radius 3 is 2.46 bits per heavy atom. The Balaban J connectivity index is 2.68. The second-order valence-electron chi connectivity index (χ2n) is 3.52. The number of aliphatic carboxylic acids is 1. The minimum atomic E-state index is -1.06. The van der Waals surface area contributed by atoms with Crippen molar-refractivity contribution < 1.29 is 19.7 Å². The third-order valence-electron chi connectivity index (χ3n) is 2.71. The zero-order chi connectivity index (χ0) is 9.90. The molecule has 0 amide bonds. The van der Waals surface area contributed by atoms with E-state index in [1.165, 1.54) is 0 Å². The van der Waals surface area contributed by atoms with Crippen molar-refractivity contribution in [3.63, 3.8) is 0 Å². The van der Waals surface area contributed by atoms with Crippen LogP contribution >= 0.6 is 0 Å². The van der Waals surface area contributed by atoms with Crippen LogP contribution < -0.4 is 0 Å². The number of carbonyl (C=O) groups is 1. The molecule has 1 fully saturated rings. The first kappa shape index (κ1) is 10.5. The fraction of sp³-hybridized carbons (Fsp3) is 0.889. The second-order valence-corrected chi connectivity index (χ2v) is 3.52. The van der Waals surface area contributed by atoms with Gasteiger partial charge in [0.05, 0.1) is 11.5 Å². The lowest BCUT2D eigenvalue weighted by Crippen LogP contribution is -2.46. The Bertz CT molecular complexity index is 184. The fourth-order valence-corrected chi connectivity index (χ4v) is 1.86. The molecule has 1 unspecified atom stereocenters. The quantitative estimate of drug-likeness (QED) is 0.682. The molecule has 2 N–H and O–H groups in total. The van der Waals surface area contributed by atoms with Gasteiger partial charge < -0.3 is 14.9 Å². The molecule has 0 aromatic rings. The summed E-state index contributed by atoms with van der Waals surface area (Å²) >= 11 is 0. The minimum Gasteiger partial charge on any atom is -0.481 e. The average molecular weight is 188 g/mol. The Labute approximate surface area is 77.5 Å². The summed E-state index contributed by atoms with van der Waals surface area (Å²) in [7, 11) is 0. The van der Waals surface area contributed by atoms with Gasteiger partial charge in [-0.15, -0.1) is 0 Å². The summed E-state index contributed by atoms with van der Waals surface area (Å²) in [6.45, 7) is 2.70. The van der Waals surface area contributed by atoms with Gasteiger partial charge in [0.2, 0.25) is 0 Å². The number of ether oxygens (including phenoxy) is 1. The van der Waals surface area contributed by atoms with Gasteiger partial charge in [-0.3, -0.25) is 4.79 Å². The van der Waals surface area contributed by atoms with Crippen molar-refractivity contribution in [2.45, 2.75) is 31.8 Å². The highest BCUT2D eigenvalue weighted by Gasteiger charge is 2.41. The summed E-state index contributed by atoms with van der Waals surface area (Å²) < 4.78 is 5.09. The van der Waals surface area contributed by atoms with E-state index >= 15 is 0 Å². The van der Waals surface area contributed by atoms with E-state index < -0.39 is 17.5 Å². The van der Waals surface area contributed by atoms with Crippen molar-refractivity contribution in [3.8, 4) is 0 Å². The molecule has 0 aromatic carbocycles. The third kappa shape index (κ3) is 2.19. The van der Waals surface area contributed by atoms with Gasteiger partial charge in [-0.25, -0.2) is 0 Å². The summed E-state index contributed by atoms with van der Waals surface area (Å²) in [6, 6.07) is 0. The molecule has 4 heteroatoms. The highest BCUT2D eigenvalue weighted by molar-refractivity contribution is 5.71. The molecule has 0 aromatic heterocycles. The summed E-state index contributed by atoms with van der Waals surface area (Å²) in [6.07, 6.45) is 1.32. The Morgan fingerprint density at radius 1 is 1.54 bits per heavy atom. The predicted molar refractivity (Wildman–Crippen MR) is 46.4 cm³/mol. The number of aliphatic hydroxyl groups is 1. The van der Waals surface area contributed by atoms with E-state index in [2.05, 4.69) is 0 Å². The number of hydrogen-bond acceptors (Lipinski definition) is 3. The largest absolute Gasteiger partial charge is 0.481 e. The third-order valence-corrected chi connectivity index (χ3v) is 2.71. The monoisotopic (exact) mass is 188 g/mol. The van der Waals surface area contributed by atoms with E-state index in [9.17, 15) is 9.90 Å².